The molecule has 1 aromatic rings. The lowest BCUT2D eigenvalue weighted by Crippen LogP contribution is -2.58. The van der Waals surface area contributed by atoms with E-state index in [1.54, 1.807) is 13.2 Å². The van der Waals surface area contributed by atoms with Crippen molar-refractivity contribution in [2.45, 2.75) is 64.6 Å². The van der Waals surface area contributed by atoms with Crippen molar-refractivity contribution >= 4 is 17.7 Å². The SMILES string of the molecule is COC(=O)C[C@H]1[C@H](CC2=C(C)[C@H](c3ccc(OC)cc3)C[C@@H]2O)C[C@@H]2OC(=O)[C@]3(C)C=CC(=O)[C@@]1(C)[C@@H]23. The summed E-state index contributed by atoms with van der Waals surface area (Å²) in [5.74, 6) is -0.733. The van der Waals surface area contributed by atoms with E-state index in [9.17, 15) is 19.5 Å². The predicted molar refractivity (Wildman–Crippen MR) is 136 cm³/mol. The zero-order valence-electron chi connectivity index (χ0n) is 22.2. The molecule has 1 heterocycles. The maximum absolute atomic E-state index is 13.5. The van der Waals surface area contributed by atoms with E-state index in [4.69, 9.17) is 14.2 Å². The smallest absolute Gasteiger partial charge is 0.316 e. The molecule has 0 aromatic heterocycles. The van der Waals surface area contributed by atoms with E-state index in [-0.39, 0.29) is 47.8 Å². The molecular weight excluding hydrogens is 472 g/mol. The number of allylic oxidation sites excluding steroid dienone is 2. The molecule has 7 heteroatoms. The fourth-order valence-electron chi connectivity index (χ4n) is 7.86. The molecule has 1 saturated heterocycles. The Morgan fingerprint density at radius 1 is 1.14 bits per heavy atom. The number of aliphatic hydroxyl groups is 1. The summed E-state index contributed by atoms with van der Waals surface area (Å²) >= 11 is 0. The maximum atomic E-state index is 13.5. The molecule has 0 amide bonds. The highest BCUT2D eigenvalue weighted by Crippen LogP contribution is 2.63. The lowest BCUT2D eigenvalue weighted by atomic mass is 9.46. The molecule has 1 aliphatic heterocycles. The number of aliphatic hydroxyl groups excluding tert-OH is 1. The van der Waals surface area contributed by atoms with Crippen LogP contribution in [0.4, 0.5) is 0 Å². The standard InChI is InChI=1S/C30H36O7/c1-16-20(17-6-8-19(35-4)9-7-17)14-23(31)21(16)12-18-13-24-27-29(2,28(34)37-24)11-10-25(32)30(27,3)22(18)15-26(33)36-5/h6-11,18,20,22-24,27,31H,12-15H2,1-5H3/t18-,20-,22+,23+,24+,27+,29-,30+/m1/s1. The van der Waals surface area contributed by atoms with Crippen LogP contribution in [0.1, 0.15) is 57.9 Å². The summed E-state index contributed by atoms with van der Waals surface area (Å²) < 4.78 is 16.2. The molecule has 198 valence electrons. The monoisotopic (exact) mass is 508 g/mol. The Balaban J connectivity index is 1.51. The number of rotatable bonds is 6. The van der Waals surface area contributed by atoms with Crippen LogP contribution in [0.2, 0.25) is 0 Å². The Kier molecular flexibility index (Phi) is 6.34. The molecule has 1 N–H and O–H groups in total. The third kappa shape index (κ3) is 3.85. The van der Waals surface area contributed by atoms with E-state index in [2.05, 4.69) is 6.92 Å². The first kappa shape index (κ1) is 25.7. The van der Waals surface area contributed by atoms with Crippen LogP contribution in [0.3, 0.4) is 0 Å². The summed E-state index contributed by atoms with van der Waals surface area (Å²) in [4.78, 5) is 39.1. The Bertz CT molecular complexity index is 1180. The Hall–Kier alpha value is -2.93. The Morgan fingerprint density at radius 3 is 2.49 bits per heavy atom. The molecule has 1 saturated carbocycles. The number of benzene rings is 1. The second-order valence-electron chi connectivity index (χ2n) is 11.6. The van der Waals surface area contributed by atoms with E-state index in [0.29, 0.717) is 19.3 Å². The van der Waals surface area contributed by atoms with Crippen LogP contribution in [0.15, 0.2) is 47.6 Å². The molecule has 7 nitrogen and oxygen atoms in total. The molecular formula is C30H36O7. The average Bonchev–Trinajstić information content (AvgIpc) is 3.31. The van der Waals surface area contributed by atoms with Gasteiger partial charge in [-0.1, -0.05) is 30.7 Å². The van der Waals surface area contributed by atoms with Gasteiger partial charge in [-0.3, -0.25) is 14.4 Å². The number of esters is 2. The summed E-state index contributed by atoms with van der Waals surface area (Å²) in [6, 6.07) is 7.91. The first-order valence-electron chi connectivity index (χ1n) is 13.1. The molecule has 3 aliphatic carbocycles. The maximum Gasteiger partial charge on any atom is 0.316 e. The van der Waals surface area contributed by atoms with Crippen LogP contribution in [0, 0.1) is 28.6 Å². The van der Waals surface area contributed by atoms with Crippen LogP contribution >= 0.6 is 0 Å². The lowest BCUT2D eigenvalue weighted by molar-refractivity contribution is -0.156. The number of carbonyl (C=O) groups is 3. The van der Waals surface area contributed by atoms with Crippen molar-refractivity contribution in [2.24, 2.45) is 28.6 Å². The van der Waals surface area contributed by atoms with Gasteiger partial charge in [-0.15, -0.1) is 0 Å². The van der Waals surface area contributed by atoms with Gasteiger partial charge in [0.2, 0.25) is 0 Å². The van der Waals surface area contributed by atoms with Crippen molar-refractivity contribution in [1.29, 1.82) is 0 Å². The van der Waals surface area contributed by atoms with Gasteiger partial charge >= 0.3 is 11.9 Å². The molecule has 2 fully saturated rings. The number of hydrogen-bond donors (Lipinski definition) is 1. The average molecular weight is 509 g/mol. The Morgan fingerprint density at radius 2 is 1.84 bits per heavy atom. The zero-order valence-corrected chi connectivity index (χ0v) is 22.2. The van der Waals surface area contributed by atoms with Crippen LogP contribution < -0.4 is 4.74 Å². The molecule has 1 aromatic carbocycles. The molecule has 8 atom stereocenters. The van der Waals surface area contributed by atoms with E-state index < -0.39 is 23.0 Å². The number of ketones is 1. The summed E-state index contributed by atoms with van der Waals surface area (Å²) in [6.45, 7) is 5.79. The van der Waals surface area contributed by atoms with Gasteiger partial charge in [0.15, 0.2) is 5.78 Å². The van der Waals surface area contributed by atoms with E-state index in [1.807, 2.05) is 38.1 Å². The van der Waals surface area contributed by atoms with Gasteiger partial charge in [-0.05, 0) is 74.3 Å². The van der Waals surface area contributed by atoms with Gasteiger partial charge < -0.3 is 19.3 Å². The topological polar surface area (TPSA) is 99.1 Å². The normalized spacial score (nSPS) is 38.4. The minimum Gasteiger partial charge on any atom is -0.497 e. The van der Waals surface area contributed by atoms with E-state index >= 15 is 0 Å². The second-order valence-corrected chi connectivity index (χ2v) is 11.6. The number of hydrogen-bond acceptors (Lipinski definition) is 7. The van der Waals surface area contributed by atoms with Crippen LogP contribution in [0.5, 0.6) is 5.75 Å². The fraction of sp³-hybridized carbons (Fsp3) is 0.567. The number of carbonyl (C=O) groups excluding carboxylic acids is 3. The van der Waals surface area contributed by atoms with Crippen molar-refractivity contribution in [3.05, 3.63) is 53.1 Å². The van der Waals surface area contributed by atoms with Gasteiger partial charge in [0.05, 0.1) is 25.7 Å². The van der Waals surface area contributed by atoms with Crippen molar-refractivity contribution in [2.75, 3.05) is 14.2 Å². The summed E-state index contributed by atoms with van der Waals surface area (Å²) in [5.41, 5.74) is 1.33. The van der Waals surface area contributed by atoms with Crippen molar-refractivity contribution in [3.63, 3.8) is 0 Å². The highest BCUT2D eigenvalue weighted by atomic mass is 16.6. The third-order valence-electron chi connectivity index (χ3n) is 9.85. The zero-order chi connectivity index (χ0) is 26.7. The quantitative estimate of drug-likeness (QED) is 0.455. The summed E-state index contributed by atoms with van der Waals surface area (Å²) in [6.07, 6.45) is 3.90. The number of methoxy groups -OCH3 is 2. The van der Waals surface area contributed by atoms with Gasteiger partial charge in [0.25, 0.3) is 0 Å². The lowest BCUT2D eigenvalue weighted by Gasteiger charge is -2.54. The van der Waals surface area contributed by atoms with E-state index in [1.165, 1.54) is 13.2 Å². The van der Waals surface area contributed by atoms with Crippen LogP contribution in [-0.2, 0) is 23.9 Å². The van der Waals surface area contributed by atoms with Crippen LogP contribution in [0.25, 0.3) is 0 Å². The first-order chi connectivity index (χ1) is 17.5. The van der Waals surface area contributed by atoms with Crippen molar-refractivity contribution in [3.8, 4) is 5.75 Å². The fourth-order valence-corrected chi connectivity index (χ4v) is 7.86. The second kappa shape index (κ2) is 9.12. The first-order valence-corrected chi connectivity index (χ1v) is 13.1. The van der Waals surface area contributed by atoms with Gasteiger partial charge in [0.1, 0.15) is 11.9 Å². The Labute approximate surface area is 217 Å². The molecule has 0 radical (unpaired) electrons. The van der Waals surface area contributed by atoms with Crippen molar-refractivity contribution < 1.29 is 33.7 Å². The molecule has 4 aliphatic rings. The van der Waals surface area contributed by atoms with Crippen LogP contribution in [-0.4, -0.2) is 49.3 Å². The summed E-state index contributed by atoms with van der Waals surface area (Å²) in [7, 11) is 2.99. The van der Waals surface area contributed by atoms with Crippen molar-refractivity contribution in [1.82, 2.24) is 0 Å². The molecule has 0 bridgehead atoms. The molecule has 0 spiro atoms. The van der Waals surface area contributed by atoms with Gasteiger partial charge in [-0.25, -0.2) is 0 Å². The minimum atomic E-state index is -0.954. The largest absolute Gasteiger partial charge is 0.497 e. The minimum absolute atomic E-state index is 0.0775. The molecule has 37 heavy (non-hydrogen) atoms. The molecule has 5 rings (SSSR count). The predicted octanol–water partition coefficient (Wildman–Crippen LogP) is 4.14. The highest BCUT2D eigenvalue weighted by molar-refractivity contribution is 6.00. The van der Waals surface area contributed by atoms with E-state index in [0.717, 1.165) is 22.5 Å². The van der Waals surface area contributed by atoms with Gasteiger partial charge in [0, 0.05) is 23.7 Å². The summed E-state index contributed by atoms with van der Waals surface area (Å²) in [5, 5.41) is 11.2. The number of ether oxygens (including phenoxy) is 3. The third-order valence-corrected chi connectivity index (χ3v) is 9.85. The highest BCUT2D eigenvalue weighted by Gasteiger charge is 2.69. The van der Waals surface area contributed by atoms with Gasteiger partial charge in [-0.2, -0.15) is 0 Å². The molecule has 0 unspecified atom stereocenters.